The Morgan fingerprint density at radius 2 is 1.27 bits per heavy atom. The summed E-state index contributed by atoms with van der Waals surface area (Å²) in [7, 11) is 2.26. The minimum Gasteiger partial charge on any atom is -0.481 e. The van der Waals surface area contributed by atoms with Crippen LogP contribution in [-0.2, 0) is 24.1 Å². The first kappa shape index (κ1) is 31.9. The largest absolute Gasteiger partial charge is 0.481 e. The smallest absolute Gasteiger partial charge is 0.303 e. The molecule has 5 rings (SSSR count). The molecule has 0 radical (unpaired) electrons. The van der Waals surface area contributed by atoms with E-state index in [1.165, 1.54) is 22.5 Å². The summed E-state index contributed by atoms with van der Waals surface area (Å²) < 4.78 is 2.14. The second-order valence-corrected chi connectivity index (χ2v) is 13.2. The third kappa shape index (κ3) is 7.26. The van der Waals surface area contributed by atoms with E-state index in [-0.39, 0.29) is 18.7 Å². The van der Waals surface area contributed by atoms with Crippen molar-refractivity contribution < 1.29 is 14.7 Å². The molecular formula is C40H45N2O3+. The van der Waals surface area contributed by atoms with E-state index >= 15 is 0 Å². The van der Waals surface area contributed by atoms with Crippen LogP contribution in [0.3, 0.4) is 0 Å². The fourth-order valence-electron chi connectivity index (χ4n) is 6.35. The Bertz CT molecular complexity index is 1730. The Morgan fingerprint density at radius 1 is 0.689 bits per heavy atom. The highest BCUT2D eigenvalue weighted by molar-refractivity contribution is 5.95. The van der Waals surface area contributed by atoms with Gasteiger partial charge < -0.3 is 5.11 Å². The van der Waals surface area contributed by atoms with Crippen LogP contribution >= 0.6 is 0 Å². The number of hydrogen-bond acceptors (Lipinski definition) is 2. The monoisotopic (exact) mass is 601 g/mol. The van der Waals surface area contributed by atoms with E-state index in [1.807, 2.05) is 30.5 Å². The number of carboxylic acids is 1. The lowest BCUT2D eigenvalue weighted by molar-refractivity contribution is -0.137. The number of quaternary nitrogens is 1. The molecule has 0 aliphatic rings. The van der Waals surface area contributed by atoms with Crippen molar-refractivity contribution in [2.45, 2.75) is 59.8 Å². The summed E-state index contributed by atoms with van der Waals surface area (Å²) in [5.74, 6) is 0.0162. The number of rotatable bonds is 12. The first-order valence-corrected chi connectivity index (χ1v) is 16.0. The minimum absolute atomic E-state index is 0.0370. The van der Waals surface area contributed by atoms with Crippen LogP contribution in [0, 0.1) is 11.8 Å². The molecule has 1 heterocycles. The zero-order valence-corrected chi connectivity index (χ0v) is 27.2. The molecule has 0 aliphatic heterocycles. The van der Waals surface area contributed by atoms with Crippen molar-refractivity contribution >= 4 is 39.8 Å². The molecular weight excluding hydrogens is 556 g/mol. The van der Waals surface area contributed by atoms with Crippen molar-refractivity contribution in [1.29, 1.82) is 0 Å². The maximum Gasteiger partial charge on any atom is 0.303 e. The average Bonchev–Trinajstić information content (AvgIpc) is 3.38. The van der Waals surface area contributed by atoms with Crippen LogP contribution in [0.4, 0.5) is 17.1 Å². The Labute approximate surface area is 267 Å². The number of nitrogens with zero attached hydrogens (tertiary/aromatic N) is 2. The van der Waals surface area contributed by atoms with Gasteiger partial charge in [0.15, 0.2) is 0 Å². The van der Waals surface area contributed by atoms with Crippen LogP contribution in [0.5, 0.6) is 0 Å². The number of benzene rings is 4. The van der Waals surface area contributed by atoms with Gasteiger partial charge in [0.05, 0.1) is 19.0 Å². The predicted molar refractivity (Wildman–Crippen MR) is 186 cm³/mol. The van der Waals surface area contributed by atoms with Crippen molar-refractivity contribution in [2.75, 3.05) is 7.05 Å². The van der Waals surface area contributed by atoms with E-state index in [1.54, 1.807) is 4.57 Å². The quantitative estimate of drug-likeness (QED) is 0.145. The maximum absolute atomic E-state index is 13.0. The summed E-state index contributed by atoms with van der Waals surface area (Å²) in [6, 6.07) is 34.7. The first-order valence-electron chi connectivity index (χ1n) is 16.0. The van der Waals surface area contributed by atoms with Crippen molar-refractivity contribution in [3.8, 4) is 0 Å². The lowest BCUT2D eigenvalue weighted by Crippen LogP contribution is -2.33. The standard InChI is InChI=1S/C40H44N2O3/c1-28(2)23-30-13-17-34(18-14-30)42(5,35-19-15-31(16-20-35)24-29(3)4)36-10-8-9-32(26-36)25-33-27-41(39(43)21-22-40(44)45)38-12-7-6-11-37(33)38/h6-20,26-29H,21-25H2,1-5H3/p+1. The van der Waals surface area contributed by atoms with Gasteiger partial charge in [0.2, 0.25) is 5.91 Å². The number of carboxylic acid groups (broad SMARTS) is 1. The Hall–Kier alpha value is -4.48. The van der Waals surface area contributed by atoms with Gasteiger partial charge in [-0.05, 0) is 65.5 Å². The number of para-hydroxylation sites is 1. The lowest BCUT2D eigenvalue weighted by atomic mass is 9.99. The minimum atomic E-state index is -0.970. The summed E-state index contributed by atoms with van der Waals surface area (Å²) in [6.07, 6.45) is 4.41. The van der Waals surface area contributed by atoms with Crippen molar-refractivity contribution in [2.24, 2.45) is 11.8 Å². The zero-order chi connectivity index (χ0) is 32.1. The van der Waals surface area contributed by atoms with Crippen LogP contribution in [0.25, 0.3) is 10.9 Å². The molecule has 5 aromatic rings. The molecule has 1 aromatic heterocycles. The first-order chi connectivity index (χ1) is 21.5. The normalized spacial score (nSPS) is 11.9. The number of carbonyl (C=O) groups excluding carboxylic acids is 1. The van der Waals surface area contributed by atoms with E-state index < -0.39 is 5.97 Å². The van der Waals surface area contributed by atoms with Gasteiger partial charge in [-0.2, -0.15) is 0 Å². The molecule has 5 heteroatoms. The van der Waals surface area contributed by atoms with Crippen molar-refractivity contribution in [3.63, 3.8) is 0 Å². The number of hydrogen-bond donors (Lipinski definition) is 1. The molecule has 0 saturated heterocycles. The van der Waals surface area contributed by atoms with Crippen LogP contribution in [0.15, 0.2) is 103 Å². The third-order valence-corrected chi connectivity index (χ3v) is 8.63. The Balaban J connectivity index is 1.54. The summed E-state index contributed by atoms with van der Waals surface area (Å²) >= 11 is 0. The van der Waals surface area contributed by atoms with Gasteiger partial charge in [0, 0.05) is 48.3 Å². The average molecular weight is 602 g/mol. The van der Waals surface area contributed by atoms with Gasteiger partial charge in [-0.15, -0.1) is 0 Å². The zero-order valence-electron chi connectivity index (χ0n) is 27.2. The molecule has 0 fully saturated rings. The van der Waals surface area contributed by atoms with Crippen LogP contribution < -0.4 is 4.48 Å². The van der Waals surface area contributed by atoms with Crippen LogP contribution in [0.2, 0.25) is 0 Å². The van der Waals surface area contributed by atoms with Crippen LogP contribution in [0.1, 0.15) is 67.6 Å². The highest BCUT2D eigenvalue weighted by atomic mass is 16.4. The molecule has 0 unspecified atom stereocenters. The Kier molecular flexibility index (Phi) is 9.69. The molecule has 0 atom stereocenters. The Morgan fingerprint density at radius 3 is 1.82 bits per heavy atom. The number of aromatic nitrogens is 1. The fraction of sp³-hybridized carbons (Fsp3) is 0.300. The highest BCUT2D eigenvalue weighted by Gasteiger charge is 2.32. The van der Waals surface area contributed by atoms with Gasteiger partial charge in [-0.3, -0.25) is 14.2 Å². The number of carbonyl (C=O) groups is 2. The lowest BCUT2D eigenvalue weighted by Gasteiger charge is -2.34. The van der Waals surface area contributed by atoms with Crippen LogP contribution in [-0.4, -0.2) is 28.6 Å². The summed E-state index contributed by atoms with van der Waals surface area (Å²) in [5.41, 5.74) is 9.21. The molecule has 0 saturated carbocycles. The molecule has 0 amide bonds. The molecule has 5 nitrogen and oxygen atoms in total. The van der Waals surface area contributed by atoms with Gasteiger partial charge >= 0.3 is 5.97 Å². The fourth-order valence-corrected chi connectivity index (χ4v) is 6.35. The molecule has 0 spiro atoms. The SMILES string of the molecule is CC(C)Cc1ccc([N+](C)(c2ccc(CC(C)C)cc2)c2cccc(Cc3cn(C(=O)CCC(=O)O)c4ccccc34)c2)cc1. The summed E-state index contributed by atoms with van der Waals surface area (Å²) in [5, 5.41) is 10.1. The molecule has 232 valence electrons. The molecule has 45 heavy (non-hydrogen) atoms. The predicted octanol–water partition coefficient (Wildman–Crippen LogP) is 9.73. The summed E-state index contributed by atoms with van der Waals surface area (Å²) in [6.45, 7) is 9.01. The second kappa shape index (κ2) is 13.7. The van der Waals surface area contributed by atoms with E-state index in [2.05, 4.69) is 108 Å². The van der Waals surface area contributed by atoms with Gasteiger partial charge in [-0.25, -0.2) is 4.48 Å². The van der Waals surface area contributed by atoms with Gasteiger partial charge in [-0.1, -0.05) is 82.3 Å². The molecule has 0 bridgehead atoms. The van der Waals surface area contributed by atoms with E-state index in [9.17, 15) is 9.59 Å². The topological polar surface area (TPSA) is 59.3 Å². The molecule has 0 aliphatic carbocycles. The van der Waals surface area contributed by atoms with E-state index in [0.29, 0.717) is 22.7 Å². The third-order valence-electron chi connectivity index (χ3n) is 8.63. The second-order valence-electron chi connectivity index (χ2n) is 13.2. The van der Waals surface area contributed by atoms with Crippen molar-refractivity contribution in [3.05, 3.63) is 126 Å². The maximum atomic E-state index is 13.0. The summed E-state index contributed by atoms with van der Waals surface area (Å²) in [4.78, 5) is 24.1. The molecule has 4 aromatic carbocycles. The number of fused-ring (bicyclic) bond motifs is 1. The van der Waals surface area contributed by atoms with Gasteiger partial charge in [0.1, 0.15) is 17.1 Å². The number of aliphatic carboxylic acids is 1. The van der Waals surface area contributed by atoms with E-state index in [0.717, 1.165) is 40.6 Å². The molecule has 1 N–H and O–H groups in total. The van der Waals surface area contributed by atoms with Crippen molar-refractivity contribution in [1.82, 2.24) is 9.05 Å². The highest BCUT2D eigenvalue weighted by Crippen LogP contribution is 2.42. The van der Waals surface area contributed by atoms with E-state index in [4.69, 9.17) is 5.11 Å². The van der Waals surface area contributed by atoms with Gasteiger partial charge in [0.25, 0.3) is 0 Å².